The van der Waals surface area contributed by atoms with Gasteiger partial charge < -0.3 is 10.2 Å². The maximum atomic E-state index is 13.4. The van der Waals surface area contributed by atoms with Gasteiger partial charge in [-0.3, -0.25) is 9.69 Å². The molecule has 0 radical (unpaired) electrons. The van der Waals surface area contributed by atoms with Crippen LogP contribution in [-0.2, 0) is 11.6 Å². The lowest BCUT2D eigenvalue weighted by Crippen LogP contribution is -2.47. The lowest BCUT2D eigenvalue weighted by Gasteiger charge is -2.36. The summed E-state index contributed by atoms with van der Waals surface area (Å²) in [5, 5.41) is 3.54. The van der Waals surface area contributed by atoms with E-state index in [4.69, 9.17) is 23.2 Å². The van der Waals surface area contributed by atoms with Gasteiger partial charge in [0.15, 0.2) is 0 Å². The molecule has 1 N–H and O–H groups in total. The Morgan fingerprint density at radius 2 is 1.78 bits per heavy atom. The van der Waals surface area contributed by atoms with E-state index in [1.165, 1.54) is 0 Å². The van der Waals surface area contributed by atoms with E-state index >= 15 is 0 Å². The summed E-state index contributed by atoms with van der Waals surface area (Å²) in [6.45, 7) is 9.57. The van der Waals surface area contributed by atoms with Crippen molar-refractivity contribution < 1.29 is 18.0 Å². The maximum Gasteiger partial charge on any atom is 0.433 e. The third kappa shape index (κ3) is 6.42. The Morgan fingerprint density at radius 3 is 2.42 bits per heavy atom. The zero-order valence-electron chi connectivity index (χ0n) is 20.5. The van der Waals surface area contributed by atoms with Crippen molar-refractivity contribution in [1.29, 1.82) is 0 Å². The number of carbonyl (C=O) groups is 1. The largest absolute Gasteiger partial charge is 0.433 e. The topological polar surface area (TPSA) is 61.4 Å². The van der Waals surface area contributed by atoms with Crippen LogP contribution in [0.25, 0.3) is 0 Å². The predicted octanol–water partition coefficient (Wildman–Crippen LogP) is 5.29. The number of carbonyl (C=O) groups excluding carboxylic acids is 1. The van der Waals surface area contributed by atoms with E-state index in [1.807, 2.05) is 25.7 Å². The number of hydrogen-bond acceptors (Lipinski definition) is 5. The van der Waals surface area contributed by atoms with Crippen LogP contribution in [-0.4, -0.2) is 60.0 Å². The van der Waals surface area contributed by atoms with Gasteiger partial charge in [-0.25, -0.2) is 9.97 Å². The highest BCUT2D eigenvalue weighted by molar-refractivity contribution is 6.43. The number of alkyl halides is 3. The second-order valence-electron chi connectivity index (χ2n) is 10.5. The molecular formula is C25H30Cl2F3N5O. The first-order valence-electron chi connectivity index (χ1n) is 12.0. The lowest BCUT2D eigenvalue weighted by molar-refractivity contribution is -0.141. The highest BCUT2D eigenvalue weighted by Crippen LogP contribution is 2.39. The number of anilines is 1. The molecule has 4 rings (SSSR count). The Hall–Kier alpha value is -2.10. The fourth-order valence-corrected chi connectivity index (χ4v) is 4.74. The third-order valence-corrected chi connectivity index (χ3v) is 7.47. The molecule has 36 heavy (non-hydrogen) atoms. The molecule has 1 aliphatic heterocycles. The zero-order valence-corrected chi connectivity index (χ0v) is 22.0. The zero-order chi connectivity index (χ0) is 26.3. The number of hydrogen-bond donors (Lipinski definition) is 1. The molecule has 0 bridgehead atoms. The molecule has 6 nitrogen and oxygen atoms in total. The van der Waals surface area contributed by atoms with Crippen LogP contribution in [0.5, 0.6) is 0 Å². The number of piperazine rings is 1. The molecule has 1 aromatic heterocycles. The van der Waals surface area contributed by atoms with Crippen molar-refractivity contribution in [2.24, 2.45) is 11.8 Å². The van der Waals surface area contributed by atoms with Crippen molar-refractivity contribution in [3.63, 3.8) is 0 Å². The first-order valence-corrected chi connectivity index (χ1v) is 12.7. The Kier molecular flexibility index (Phi) is 7.74. The fraction of sp³-hybridized carbons (Fsp3) is 0.560. The van der Waals surface area contributed by atoms with Crippen LogP contribution < -0.4 is 10.2 Å². The third-order valence-electron chi connectivity index (χ3n) is 6.65. The minimum absolute atomic E-state index is 0.191. The van der Waals surface area contributed by atoms with Crippen molar-refractivity contribution >= 4 is 34.9 Å². The SMILES string of the molecule is CC(C)(C)c1nc(N2CCN(CC3CC3CNC(=O)c3cccc(Cl)c3Cl)CC2)cc(C(F)(F)F)n1. The molecule has 2 fully saturated rings. The first kappa shape index (κ1) is 26.9. The normalized spacial score (nSPS) is 20.9. The number of nitrogens with one attached hydrogen (secondary N) is 1. The van der Waals surface area contributed by atoms with Crippen LogP contribution in [0.15, 0.2) is 24.3 Å². The molecule has 2 unspecified atom stereocenters. The monoisotopic (exact) mass is 543 g/mol. The van der Waals surface area contributed by atoms with Gasteiger partial charge in [0.05, 0.1) is 15.6 Å². The summed E-state index contributed by atoms with van der Waals surface area (Å²) in [7, 11) is 0. The molecule has 1 aliphatic carbocycles. The molecule has 1 saturated carbocycles. The average molecular weight is 544 g/mol. The van der Waals surface area contributed by atoms with Gasteiger partial charge in [0.25, 0.3) is 5.91 Å². The summed E-state index contributed by atoms with van der Waals surface area (Å²) in [6.07, 6.45) is -3.49. The summed E-state index contributed by atoms with van der Waals surface area (Å²) in [4.78, 5) is 24.9. The quantitative estimate of drug-likeness (QED) is 0.536. The number of benzene rings is 1. The van der Waals surface area contributed by atoms with Gasteiger partial charge in [0, 0.05) is 50.7 Å². The van der Waals surface area contributed by atoms with E-state index in [1.54, 1.807) is 18.2 Å². The molecule has 196 valence electrons. The van der Waals surface area contributed by atoms with Crippen molar-refractivity contribution in [2.45, 2.75) is 38.8 Å². The van der Waals surface area contributed by atoms with Crippen molar-refractivity contribution in [3.05, 3.63) is 51.4 Å². The summed E-state index contributed by atoms with van der Waals surface area (Å²) in [5.41, 5.74) is -1.13. The van der Waals surface area contributed by atoms with Crippen molar-refractivity contribution in [1.82, 2.24) is 20.2 Å². The van der Waals surface area contributed by atoms with E-state index < -0.39 is 17.3 Å². The smallest absolute Gasteiger partial charge is 0.354 e. The van der Waals surface area contributed by atoms with Crippen LogP contribution >= 0.6 is 23.2 Å². The highest BCUT2D eigenvalue weighted by atomic mass is 35.5. The van der Waals surface area contributed by atoms with Crippen LogP contribution in [0.1, 0.15) is 49.1 Å². The Morgan fingerprint density at radius 1 is 1.08 bits per heavy atom. The number of halogens is 5. The van der Waals surface area contributed by atoms with Gasteiger partial charge in [-0.1, -0.05) is 50.0 Å². The van der Waals surface area contributed by atoms with Gasteiger partial charge >= 0.3 is 6.18 Å². The minimum Gasteiger partial charge on any atom is -0.354 e. The minimum atomic E-state index is -4.52. The first-order chi connectivity index (χ1) is 16.8. The van der Waals surface area contributed by atoms with Gasteiger partial charge in [-0.15, -0.1) is 0 Å². The van der Waals surface area contributed by atoms with E-state index in [0.717, 1.165) is 32.1 Å². The molecule has 2 atom stereocenters. The second kappa shape index (κ2) is 10.3. The predicted molar refractivity (Wildman–Crippen MR) is 135 cm³/mol. The molecule has 1 amide bonds. The molecule has 2 heterocycles. The van der Waals surface area contributed by atoms with Gasteiger partial charge in [0.2, 0.25) is 0 Å². The standard InChI is InChI=1S/C25H30Cl2F3N5O/c1-24(2,3)23-32-19(25(28,29)30)12-20(33-23)35-9-7-34(8-10-35)14-16-11-15(16)13-31-22(36)17-5-4-6-18(26)21(17)27/h4-6,12,15-16H,7-11,13-14H2,1-3H3,(H,31,36). The van der Waals surface area contributed by atoms with E-state index in [9.17, 15) is 18.0 Å². The number of nitrogens with zero attached hydrogens (tertiary/aromatic N) is 4. The average Bonchev–Trinajstić information content (AvgIpc) is 3.56. The van der Waals surface area contributed by atoms with Crippen LogP contribution in [0.3, 0.4) is 0 Å². The molecule has 1 saturated heterocycles. The number of aromatic nitrogens is 2. The Balaban J connectivity index is 1.28. The van der Waals surface area contributed by atoms with Crippen LogP contribution in [0.2, 0.25) is 10.0 Å². The van der Waals surface area contributed by atoms with Crippen molar-refractivity contribution in [3.8, 4) is 0 Å². The fourth-order valence-electron chi connectivity index (χ4n) is 4.35. The molecule has 11 heteroatoms. The highest BCUT2D eigenvalue weighted by Gasteiger charge is 2.39. The molecule has 2 aliphatic rings. The Labute approximate surface area is 219 Å². The summed E-state index contributed by atoms with van der Waals surface area (Å²) >= 11 is 12.1. The van der Waals surface area contributed by atoms with E-state index in [2.05, 4.69) is 20.2 Å². The van der Waals surface area contributed by atoms with Gasteiger partial charge in [-0.2, -0.15) is 13.2 Å². The summed E-state index contributed by atoms with van der Waals surface area (Å²) < 4.78 is 40.3. The molecule has 2 aromatic rings. The van der Waals surface area contributed by atoms with Gasteiger partial charge in [-0.05, 0) is 30.4 Å². The van der Waals surface area contributed by atoms with Crippen molar-refractivity contribution in [2.75, 3.05) is 44.2 Å². The van der Waals surface area contributed by atoms with E-state index in [-0.39, 0.29) is 16.8 Å². The maximum absolute atomic E-state index is 13.4. The lowest BCUT2D eigenvalue weighted by atomic mass is 9.95. The molecular weight excluding hydrogens is 514 g/mol. The second-order valence-corrected chi connectivity index (χ2v) is 11.3. The molecule has 1 aromatic carbocycles. The van der Waals surface area contributed by atoms with Crippen LogP contribution in [0.4, 0.5) is 19.0 Å². The van der Waals surface area contributed by atoms with Crippen LogP contribution in [0, 0.1) is 11.8 Å². The Bertz CT molecular complexity index is 1080. The summed E-state index contributed by atoms with van der Waals surface area (Å²) in [6, 6.07) is 6.03. The number of rotatable bonds is 6. The van der Waals surface area contributed by atoms with Gasteiger partial charge in [0.1, 0.15) is 17.3 Å². The van der Waals surface area contributed by atoms with E-state index in [0.29, 0.717) is 47.9 Å². The summed E-state index contributed by atoms with van der Waals surface area (Å²) in [5.74, 6) is 1.16. The molecule has 0 spiro atoms. The number of amides is 1.